The summed E-state index contributed by atoms with van der Waals surface area (Å²) < 4.78 is 17.7. The third kappa shape index (κ3) is 2.78. The first-order valence-electron chi connectivity index (χ1n) is 4.58. The third-order valence-electron chi connectivity index (χ3n) is 1.98. The van der Waals surface area contributed by atoms with Gasteiger partial charge >= 0.3 is 0 Å². The molecule has 0 spiro atoms. The van der Waals surface area contributed by atoms with E-state index in [4.69, 9.17) is 27.6 Å². The number of nitrogens with one attached hydrogen (secondary N) is 1. The zero-order valence-corrected chi connectivity index (χ0v) is 9.85. The van der Waals surface area contributed by atoms with E-state index in [0.717, 1.165) is 6.07 Å². The summed E-state index contributed by atoms with van der Waals surface area (Å²) in [6.45, 7) is 0. The smallest absolute Gasteiger partial charge is 0.291 e. The normalized spacial score (nSPS) is 10.3. The minimum atomic E-state index is -0.509. The number of hydrogen-bond acceptors (Lipinski definition) is 2. The highest BCUT2D eigenvalue weighted by atomic mass is 35.5. The van der Waals surface area contributed by atoms with Gasteiger partial charge in [0.15, 0.2) is 11.0 Å². The number of halogens is 3. The molecule has 0 aliphatic carbocycles. The Balaban J connectivity index is 2.18. The van der Waals surface area contributed by atoms with Crippen LogP contribution in [0.5, 0.6) is 0 Å². The van der Waals surface area contributed by atoms with Gasteiger partial charge in [-0.15, -0.1) is 0 Å². The largest absolute Gasteiger partial charge is 0.440 e. The molecule has 6 heteroatoms. The van der Waals surface area contributed by atoms with Crippen LogP contribution in [0.3, 0.4) is 0 Å². The van der Waals surface area contributed by atoms with Crippen LogP contribution in [0.4, 0.5) is 10.1 Å². The molecule has 3 nitrogen and oxygen atoms in total. The van der Waals surface area contributed by atoms with Crippen molar-refractivity contribution in [2.24, 2.45) is 0 Å². The van der Waals surface area contributed by atoms with Crippen molar-refractivity contribution in [3.63, 3.8) is 0 Å². The second kappa shape index (κ2) is 4.77. The topological polar surface area (TPSA) is 42.2 Å². The lowest BCUT2D eigenvalue weighted by Gasteiger charge is -2.05. The van der Waals surface area contributed by atoms with Crippen LogP contribution in [0.15, 0.2) is 34.7 Å². The molecule has 2 aromatic rings. The fourth-order valence-electron chi connectivity index (χ4n) is 1.21. The summed E-state index contributed by atoms with van der Waals surface area (Å²) in [6, 6.07) is 6.53. The second-order valence-corrected chi connectivity index (χ2v) is 3.96. The molecule has 1 aromatic carbocycles. The quantitative estimate of drug-likeness (QED) is 0.900. The number of benzene rings is 1. The van der Waals surface area contributed by atoms with Crippen molar-refractivity contribution in [3.05, 3.63) is 52.2 Å². The number of hydrogen-bond donors (Lipinski definition) is 1. The molecule has 0 aliphatic heterocycles. The molecular formula is C11H6Cl2FNO2. The number of carbonyl (C=O) groups is 1. The summed E-state index contributed by atoms with van der Waals surface area (Å²) in [4.78, 5) is 11.6. The van der Waals surface area contributed by atoms with Gasteiger partial charge in [0.25, 0.3) is 5.91 Å². The monoisotopic (exact) mass is 273 g/mol. The second-order valence-electron chi connectivity index (χ2n) is 3.18. The summed E-state index contributed by atoms with van der Waals surface area (Å²) in [5, 5.41) is 2.70. The highest BCUT2D eigenvalue weighted by Crippen LogP contribution is 2.23. The van der Waals surface area contributed by atoms with Crippen molar-refractivity contribution in [1.82, 2.24) is 0 Å². The Hall–Kier alpha value is -1.52. The third-order valence-corrected chi connectivity index (χ3v) is 2.49. The van der Waals surface area contributed by atoms with E-state index in [1.807, 2.05) is 0 Å². The molecule has 0 radical (unpaired) electrons. The standard InChI is InChI=1S/C11H6Cl2FNO2/c12-7-5-6(14)1-2-8(7)15-11(16)9-3-4-10(13)17-9/h1-5H,(H,15,16). The lowest BCUT2D eigenvalue weighted by Crippen LogP contribution is -2.11. The summed E-state index contributed by atoms with van der Waals surface area (Å²) in [6.07, 6.45) is 0. The highest BCUT2D eigenvalue weighted by Gasteiger charge is 2.12. The van der Waals surface area contributed by atoms with Gasteiger partial charge in [-0.25, -0.2) is 4.39 Å². The maximum Gasteiger partial charge on any atom is 0.291 e. The van der Waals surface area contributed by atoms with Gasteiger partial charge in [0.1, 0.15) is 5.82 Å². The molecule has 1 aromatic heterocycles. The lowest BCUT2D eigenvalue weighted by atomic mass is 10.3. The average Bonchev–Trinajstić information content (AvgIpc) is 2.69. The van der Waals surface area contributed by atoms with E-state index >= 15 is 0 Å². The van der Waals surface area contributed by atoms with Gasteiger partial charge in [-0.2, -0.15) is 0 Å². The number of furan rings is 1. The summed E-state index contributed by atoms with van der Waals surface area (Å²) in [7, 11) is 0. The van der Waals surface area contributed by atoms with Crippen molar-refractivity contribution in [1.29, 1.82) is 0 Å². The first kappa shape index (κ1) is 12.0. The van der Waals surface area contributed by atoms with Crippen molar-refractivity contribution in [2.45, 2.75) is 0 Å². The fourth-order valence-corrected chi connectivity index (χ4v) is 1.57. The Labute approximate surface area is 106 Å². The Morgan fingerprint density at radius 1 is 1.24 bits per heavy atom. The number of rotatable bonds is 2. The van der Waals surface area contributed by atoms with Crippen LogP contribution in [0.2, 0.25) is 10.2 Å². The Morgan fingerprint density at radius 2 is 2.00 bits per heavy atom. The predicted octanol–water partition coefficient (Wildman–Crippen LogP) is 3.98. The maximum atomic E-state index is 12.8. The van der Waals surface area contributed by atoms with E-state index in [0.29, 0.717) is 5.69 Å². The van der Waals surface area contributed by atoms with Crippen LogP contribution in [-0.4, -0.2) is 5.91 Å². The van der Waals surface area contributed by atoms with Gasteiger partial charge in [-0.1, -0.05) is 11.6 Å². The average molecular weight is 274 g/mol. The molecule has 2 rings (SSSR count). The zero-order chi connectivity index (χ0) is 12.4. The van der Waals surface area contributed by atoms with Crippen LogP contribution in [-0.2, 0) is 0 Å². The summed E-state index contributed by atoms with van der Waals surface area (Å²) >= 11 is 11.3. The summed E-state index contributed by atoms with van der Waals surface area (Å²) in [5.74, 6) is -0.935. The van der Waals surface area contributed by atoms with E-state index in [1.54, 1.807) is 0 Å². The van der Waals surface area contributed by atoms with Gasteiger partial charge in [0, 0.05) is 0 Å². The molecule has 1 N–H and O–H groups in total. The number of carbonyl (C=O) groups excluding carboxylic acids is 1. The van der Waals surface area contributed by atoms with Crippen molar-refractivity contribution in [3.8, 4) is 0 Å². The molecule has 0 bridgehead atoms. The van der Waals surface area contributed by atoms with Crippen molar-refractivity contribution < 1.29 is 13.6 Å². The molecule has 1 amide bonds. The molecule has 1 heterocycles. The predicted molar refractivity (Wildman–Crippen MR) is 63.1 cm³/mol. The maximum absolute atomic E-state index is 12.8. The van der Waals surface area contributed by atoms with Crippen LogP contribution in [0, 0.1) is 5.82 Å². The SMILES string of the molecule is O=C(Nc1ccc(F)cc1Cl)c1ccc(Cl)o1. The Bertz CT molecular complexity index is 568. The molecule has 0 saturated heterocycles. The van der Waals surface area contributed by atoms with Crippen molar-refractivity contribution >= 4 is 34.8 Å². The molecule has 0 atom stereocenters. The molecule has 88 valence electrons. The van der Waals surface area contributed by atoms with E-state index in [2.05, 4.69) is 5.32 Å². The van der Waals surface area contributed by atoms with Gasteiger partial charge < -0.3 is 9.73 Å². The Kier molecular flexibility index (Phi) is 3.36. The van der Waals surface area contributed by atoms with Gasteiger partial charge in [0.2, 0.25) is 0 Å². The molecular weight excluding hydrogens is 268 g/mol. The molecule has 0 saturated carbocycles. The van der Waals surface area contributed by atoms with Gasteiger partial charge in [0.05, 0.1) is 10.7 Å². The van der Waals surface area contributed by atoms with E-state index in [1.165, 1.54) is 24.3 Å². The Morgan fingerprint density at radius 3 is 2.59 bits per heavy atom. The first-order valence-corrected chi connectivity index (χ1v) is 5.33. The summed E-state index contributed by atoms with van der Waals surface area (Å²) in [5.41, 5.74) is 0.297. The molecule has 0 fully saturated rings. The van der Waals surface area contributed by atoms with Crippen molar-refractivity contribution in [2.75, 3.05) is 5.32 Å². The van der Waals surface area contributed by atoms with Gasteiger partial charge in [-0.3, -0.25) is 4.79 Å². The molecule has 17 heavy (non-hydrogen) atoms. The van der Waals surface area contributed by atoms with Gasteiger partial charge in [-0.05, 0) is 41.9 Å². The van der Waals surface area contributed by atoms with Crippen LogP contribution in [0.25, 0.3) is 0 Å². The van der Waals surface area contributed by atoms with E-state index in [-0.39, 0.29) is 16.0 Å². The van der Waals surface area contributed by atoms with Crippen LogP contribution < -0.4 is 5.32 Å². The number of anilines is 1. The van der Waals surface area contributed by atoms with E-state index < -0.39 is 11.7 Å². The first-order chi connectivity index (χ1) is 8.06. The minimum absolute atomic E-state index is 0.0513. The highest BCUT2D eigenvalue weighted by molar-refractivity contribution is 6.34. The molecule has 0 aliphatic rings. The fraction of sp³-hybridized carbons (Fsp3) is 0. The van der Waals surface area contributed by atoms with E-state index in [9.17, 15) is 9.18 Å². The molecule has 0 unspecified atom stereocenters. The van der Waals surface area contributed by atoms with Crippen LogP contribution in [0.1, 0.15) is 10.6 Å². The zero-order valence-electron chi connectivity index (χ0n) is 8.34. The minimum Gasteiger partial charge on any atom is -0.440 e. The number of amides is 1. The lowest BCUT2D eigenvalue weighted by molar-refractivity contribution is 0.0997. The van der Waals surface area contributed by atoms with Crippen LogP contribution >= 0.6 is 23.2 Å².